The standard InChI is InChI=1S/C21H28BrNO4/c1-19(2)20(3)9-10-21(19,16(22)17(20)24)18(25)23-11-8-13-6-7-14(26-4)15(12-13)27-5/h6-7,12,16H,8-11H2,1-5H3,(H,23,25)/t16-,20-,21+/m0/s1. The number of ether oxygens (including phenoxy) is 2. The van der Waals surface area contributed by atoms with E-state index >= 15 is 0 Å². The first kappa shape index (κ1) is 20.2. The van der Waals surface area contributed by atoms with Crippen LogP contribution in [0.15, 0.2) is 18.2 Å². The average molecular weight is 438 g/mol. The number of rotatable bonds is 6. The summed E-state index contributed by atoms with van der Waals surface area (Å²) in [6.45, 7) is 6.65. The van der Waals surface area contributed by atoms with Crippen molar-refractivity contribution in [3.8, 4) is 11.5 Å². The highest BCUT2D eigenvalue weighted by Crippen LogP contribution is 2.72. The summed E-state index contributed by atoms with van der Waals surface area (Å²) in [5.41, 5.74) is -0.449. The Labute approximate surface area is 169 Å². The first-order valence-corrected chi connectivity index (χ1v) is 10.2. The third-order valence-corrected chi connectivity index (χ3v) is 8.47. The molecule has 1 amide bonds. The van der Waals surface area contributed by atoms with Gasteiger partial charge in [0.25, 0.3) is 0 Å². The van der Waals surface area contributed by atoms with Gasteiger partial charge in [0.05, 0.1) is 24.5 Å². The maximum Gasteiger partial charge on any atom is 0.228 e. The molecule has 1 N–H and O–H groups in total. The zero-order valence-electron chi connectivity index (χ0n) is 16.6. The van der Waals surface area contributed by atoms with Crippen LogP contribution in [0.25, 0.3) is 0 Å². The lowest BCUT2D eigenvalue weighted by atomic mass is 9.64. The van der Waals surface area contributed by atoms with Gasteiger partial charge in [0.2, 0.25) is 5.91 Å². The number of fused-ring (bicyclic) bond motifs is 2. The number of halogens is 1. The van der Waals surface area contributed by atoms with Gasteiger partial charge in [0.15, 0.2) is 17.3 Å². The number of carbonyl (C=O) groups excluding carboxylic acids is 2. The number of nitrogens with one attached hydrogen (secondary N) is 1. The number of Topliss-reactive ketones (excluding diaryl/α,β-unsaturated/α-hetero) is 1. The topological polar surface area (TPSA) is 64.6 Å². The number of ketones is 1. The van der Waals surface area contributed by atoms with Crippen LogP contribution >= 0.6 is 15.9 Å². The van der Waals surface area contributed by atoms with Gasteiger partial charge in [-0.1, -0.05) is 42.8 Å². The molecule has 0 aromatic heterocycles. The number of hydrogen-bond acceptors (Lipinski definition) is 4. The minimum Gasteiger partial charge on any atom is -0.493 e. The Morgan fingerprint density at radius 2 is 1.85 bits per heavy atom. The molecule has 2 aliphatic rings. The maximum atomic E-state index is 13.2. The molecule has 2 aliphatic carbocycles. The molecule has 0 spiro atoms. The summed E-state index contributed by atoms with van der Waals surface area (Å²) in [5.74, 6) is 1.50. The zero-order chi connectivity index (χ0) is 20.0. The van der Waals surface area contributed by atoms with Crippen molar-refractivity contribution in [2.75, 3.05) is 20.8 Å². The molecule has 3 rings (SSSR count). The zero-order valence-corrected chi connectivity index (χ0v) is 18.2. The smallest absolute Gasteiger partial charge is 0.228 e. The summed E-state index contributed by atoms with van der Waals surface area (Å²) in [6, 6.07) is 5.76. The fraction of sp³-hybridized carbons (Fsp3) is 0.619. The second kappa shape index (κ2) is 6.80. The number of amides is 1. The first-order valence-electron chi connectivity index (χ1n) is 9.33. The number of benzene rings is 1. The van der Waals surface area contributed by atoms with Crippen molar-refractivity contribution in [2.45, 2.75) is 44.9 Å². The van der Waals surface area contributed by atoms with Crippen molar-refractivity contribution in [1.29, 1.82) is 0 Å². The summed E-state index contributed by atoms with van der Waals surface area (Å²) in [4.78, 5) is 25.6. The van der Waals surface area contributed by atoms with Crippen LogP contribution in [0, 0.1) is 16.2 Å². The first-order chi connectivity index (χ1) is 12.7. The summed E-state index contributed by atoms with van der Waals surface area (Å²) in [6.07, 6.45) is 2.19. The Bertz CT molecular complexity index is 777. The van der Waals surface area contributed by atoms with E-state index < -0.39 is 15.7 Å². The van der Waals surface area contributed by atoms with Gasteiger partial charge in [0, 0.05) is 12.0 Å². The van der Waals surface area contributed by atoms with Gasteiger partial charge in [-0.05, 0) is 42.4 Å². The van der Waals surface area contributed by atoms with Crippen molar-refractivity contribution < 1.29 is 19.1 Å². The predicted octanol–water partition coefficient (Wildman–Crippen LogP) is 3.52. The van der Waals surface area contributed by atoms with E-state index in [1.807, 2.05) is 25.1 Å². The fourth-order valence-corrected chi connectivity index (χ4v) is 6.48. The normalized spacial score (nSPS) is 31.0. The minimum absolute atomic E-state index is 0.0237. The Morgan fingerprint density at radius 1 is 1.19 bits per heavy atom. The van der Waals surface area contributed by atoms with E-state index in [2.05, 4.69) is 35.1 Å². The lowest BCUT2D eigenvalue weighted by Crippen LogP contribution is -2.51. The van der Waals surface area contributed by atoms with E-state index in [9.17, 15) is 9.59 Å². The van der Waals surface area contributed by atoms with E-state index in [1.54, 1.807) is 14.2 Å². The number of hydrogen-bond donors (Lipinski definition) is 1. The van der Waals surface area contributed by atoms with Crippen molar-refractivity contribution in [3.05, 3.63) is 23.8 Å². The molecule has 0 heterocycles. The van der Waals surface area contributed by atoms with Crippen LogP contribution in [0.5, 0.6) is 11.5 Å². The third-order valence-electron chi connectivity index (χ3n) is 7.27. The molecule has 148 valence electrons. The summed E-state index contributed by atoms with van der Waals surface area (Å²) < 4.78 is 10.6. The van der Waals surface area contributed by atoms with Gasteiger partial charge in [-0.3, -0.25) is 9.59 Å². The van der Waals surface area contributed by atoms with E-state index in [-0.39, 0.29) is 17.1 Å². The third kappa shape index (κ3) is 2.63. The maximum absolute atomic E-state index is 13.2. The van der Waals surface area contributed by atoms with Crippen LogP contribution in [-0.2, 0) is 16.0 Å². The fourth-order valence-electron chi connectivity index (χ4n) is 4.97. The molecule has 3 atom stereocenters. The highest BCUT2D eigenvalue weighted by Gasteiger charge is 2.76. The van der Waals surface area contributed by atoms with Crippen LogP contribution < -0.4 is 14.8 Å². The van der Waals surface area contributed by atoms with Crippen molar-refractivity contribution >= 4 is 27.6 Å². The SMILES string of the molecule is COc1ccc(CCNC(=O)[C@@]23CC[C@@](C)(C(=O)[C@@H]2Br)C3(C)C)cc1OC. The summed E-state index contributed by atoms with van der Waals surface area (Å²) >= 11 is 3.56. The van der Waals surface area contributed by atoms with E-state index in [0.29, 0.717) is 24.5 Å². The molecule has 2 bridgehead atoms. The van der Waals surface area contributed by atoms with Gasteiger partial charge < -0.3 is 14.8 Å². The van der Waals surface area contributed by atoms with Gasteiger partial charge >= 0.3 is 0 Å². The van der Waals surface area contributed by atoms with Crippen LogP contribution in [0.1, 0.15) is 39.2 Å². The lowest BCUT2D eigenvalue weighted by molar-refractivity contribution is -0.135. The lowest BCUT2D eigenvalue weighted by Gasteiger charge is -2.39. The van der Waals surface area contributed by atoms with Crippen LogP contribution in [0.2, 0.25) is 0 Å². The second-order valence-electron chi connectivity index (χ2n) is 8.35. The second-order valence-corrected chi connectivity index (χ2v) is 9.27. The number of carbonyl (C=O) groups is 2. The molecular formula is C21H28BrNO4. The molecule has 0 aliphatic heterocycles. The van der Waals surface area contributed by atoms with Crippen molar-refractivity contribution in [2.24, 2.45) is 16.2 Å². The molecule has 5 nitrogen and oxygen atoms in total. The number of methoxy groups -OCH3 is 2. The van der Waals surface area contributed by atoms with Crippen LogP contribution in [0.3, 0.4) is 0 Å². The molecule has 2 fully saturated rings. The van der Waals surface area contributed by atoms with E-state index in [0.717, 1.165) is 18.4 Å². The van der Waals surface area contributed by atoms with Gasteiger partial charge in [-0.25, -0.2) is 0 Å². The van der Waals surface area contributed by atoms with E-state index in [1.165, 1.54) is 0 Å². The van der Waals surface area contributed by atoms with Gasteiger partial charge in [0.1, 0.15) is 0 Å². The summed E-state index contributed by atoms with van der Waals surface area (Å²) in [5, 5.41) is 3.09. The predicted molar refractivity (Wildman–Crippen MR) is 108 cm³/mol. The van der Waals surface area contributed by atoms with Crippen LogP contribution in [0.4, 0.5) is 0 Å². The van der Waals surface area contributed by atoms with Gasteiger partial charge in [-0.15, -0.1) is 0 Å². The largest absolute Gasteiger partial charge is 0.493 e. The molecule has 2 saturated carbocycles. The summed E-state index contributed by atoms with van der Waals surface area (Å²) in [7, 11) is 3.21. The average Bonchev–Trinajstić information content (AvgIpc) is 2.93. The minimum atomic E-state index is -0.684. The Kier molecular flexibility index (Phi) is 5.08. The molecular weight excluding hydrogens is 410 g/mol. The molecule has 0 unspecified atom stereocenters. The Hall–Kier alpha value is -1.56. The molecule has 0 saturated heterocycles. The van der Waals surface area contributed by atoms with Crippen LogP contribution in [-0.4, -0.2) is 37.3 Å². The van der Waals surface area contributed by atoms with Crippen molar-refractivity contribution in [3.63, 3.8) is 0 Å². The Balaban J connectivity index is 1.71. The number of alkyl halides is 1. The molecule has 6 heteroatoms. The monoisotopic (exact) mass is 437 g/mol. The highest BCUT2D eigenvalue weighted by molar-refractivity contribution is 9.10. The van der Waals surface area contributed by atoms with E-state index in [4.69, 9.17) is 9.47 Å². The molecule has 0 radical (unpaired) electrons. The molecule has 1 aromatic carbocycles. The van der Waals surface area contributed by atoms with Crippen molar-refractivity contribution in [1.82, 2.24) is 5.32 Å². The van der Waals surface area contributed by atoms with Gasteiger partial charge in [-0.2, -0.15) is 0 Å². The Morgan fingerprint density at radius 3 is 2.41 bits per heavy atom. The molecule has 27 heavy (non-hydrogen) atoms. The molecule has 1 aromatic rings. The quantitative estimate of drug-likeness (QED) is 0.691. The highest BCUT2D eigenvalue weighted by atomic mass is 79.9.